The lowest BCUT2D eigenvalue weighted by Crippen LogP contribution is -2.35. The third-order valence-corrected chi connectivity index (χ3v) is 8.03. The maximum atomic E-state index is 15.9. The molecule has 3 atom stereocenters. The number of carbonyl (C=O) groups excluding carboxylic acids is 2. The number of esters is 2. The van der Waals surface area contributed by atoms with Crippen molar-refractivity contribution in [2.24, 2.45) is 0 Å². The zero-order valence-electron chi connectivity index (χ0n) is 19.4. The summed E-state index contributed by atoms with van der Waals surface area (Å²) in [5, 5.41) is 3.13. The Morgan fingerprint density at radius 2 is 1.91 bits per heavy atom. The maximum Gasteiger partial charge on any atom is 0.355 e. The van der Waals surface area contributed by atoms with Crippen LogP contribution in [0, 0.1) is 0 Å². The van der Waals surface area contributed by atoms with Gasteiger partial charge in [-0.15, -0.1) is 11.3 Å². The predicted octanol–water partition coefficient (Wildman–Crippen LogP) is 6.42. The summed E-state index contributed by atoms with van der Waals surface area (Å²) >= 11 is 1.20. The van der Waals surface area contributed by atoms with Crippen molar-refractivity contribution in [1.29, 1.82) is 0 Å². The molecule has 35 heavy (non-hydrogen) atoms. The van der Waals surface area contributed by atoms with Crippen molar-refractivity contribution in [2.45, 2.75) is 32.2 Å². The number of thiophene rings is 1. The van der Waals surface area contributed by atoms with E-state index < -0.39 is 31.4 Å². The second-order valence-electron chi connectivity index (χ2n) is 7.65. The number of nitrogens with one attached hydrogen (secondary N) is 1. The van der Waals surface area contributed by atoms with Gasteiger partial charge in [-0.3, -0.25) is 9.36 Å². The van der Waals surface area contributed by atoms with Gasteiger partial charge in [-0.05, 0) is 54.6 Å². The molecule has 0 saturated heterocycles. The van der Waals surface area contributed by atoms with Gasteiger partial charge in [-0.25, -0.2) is 14.3 Å². The van der Waals surface area contributed by atoms with Crippen LogP contribution in [0.15, 0.2) is 67.3 Å². The number of halogens is 1. The van der Waals surface area contributed by atoms with Crippen molar-refractivity contribution in [3.05, 3.63) is 77.7 Å². The van der Waals surface area contributed by atoms with Gasteiger partial charge in [0.1, 0.15) is 23.3 Å². The number of hydrogen-bond donors (Lipinski definition) is 1. The van der Waals surface area contributed by atoms with Crippen LogP contribution in [-0.4, -0.2) is 31.2 Å². The molecule has 2 aromatic carbocycles. The van der Waals surface area contributed by atoms with Crippen LogP contribution in [-0.2, 0) is 18.8 Å². The average molecular weight is 520 g/mol. The van der Waals surface area contributed by atoms with Crippen LogP contribution in [0.4, 0.5) is 4.39 Å². The van der Waals surface area contributed by atoms with Gasteiger partial charge in [0.25, 0.3) is 0 Å². The summed E-state index contributed by atoms with van der Waals surface area (Å²) in [5.74, 6) is -3.09. The van der Waals surface area contributed by atoms with Crippen LogP contribution in [0.1, 0.15) is 41.4 Å². The van der Waals surface area contributed by atoms with E-state index in [1.54, 1.807) is 42.5 Å². The van der Waals surface area contributed by atoms with Crippen molar-refractivity contribution >= 4 is 40.9 Å². The Morgan fingerprint density at radius 1 is 1.17 bits per heavy atom. The first-order valence-electron chi connectivity index (χ1n) is 11.0. The Kier molecular flexibility index (Phi) is 9.20. The molecule has 3 rings (SSSR count). The van der Waals surface area contributed by atoms with Gasteiger partial charge in [0.05, 0.1) is 6.61 Å². The normalized spacial score (nSPS) is 14.5. The van der Waals surface area contributed by atoms with Crippen LogP contribution in [0.3, 0.4) is 0 Å². The van der Waals surface area contributed by atoms with Crippen LogP contribution in [0.2, 0.25) is 0 Å². The van der Waals surface area contributed by atoms with Crippen molar-refractivity contribution in [3.8, 4) is 5.75 Å². The van der Waals surface area contributed by atoms with Gasteiger partial charge in [-0.2, -0.15) is 0 Å². The summed E-state index contributed by atoms with van der Waals surface area (Å²) < 4.78 is 46.3. The summed E-state index contributed by atoms with van der Waals surface area (Å²) in [6.07, 6.45) is 2.08. The topological polar surface area (TPSA) is 90.9 Å². The van der Waals surface area contributed by atoms with Crippen LogP contribution in [0.5, 0.6) is 5.75 Å². The second-order valence-corrected chi connectivity index (χ2v) is 10.8. The molecular weight excluding hydrogens is 492 g/mol. The molecule has 0 aliphatic rings. The lowest BCUT2D eigenvalue weighted by Gasteiger charge is -2.26. The van der Waals surface area contributed by atoms with Crippen molar-refractivity contribution in [2.75, 3.05) is 13.2 Å². The summed E-state index contributed by atoms with van der Waals surface area (Å²) in [7, 11) is -4.32. The second kappa shape index (κ2) is 12.1. The lowest BCUT2D eigenvalue weighted by molar-refractivity contribution is -0.145. The van der Waals surface area contributed by atoms with Gasteiger partial charge < -0.3 is 14.0 Å². The van der Waals surface area contributed by atoms with Crippen molar-refractivity contribution in [3.63, 3.8) is 0 Å². The average Bonchev–Trinajstić information content (AvgIpc) is 3.29. The largest absolute Gasteiger partial charge is 0.465 e. The summed E-state index contributed by atoms with van der Waals surface area (Å²) in [5.41, 5.74) is 0.0715. The van der Waals surface area contributed by atoms with E-state index in [1.807, 2.05) is 6.92 Å². The fourth-order valence-electron chi connectivity index (χ4n) is 3.14. The smallest absolute Gasteiger partial charge is 0.355 e. The number of alkyl halides is 1. The molecule has 3 aromatic rings. The number of para-hydroxylation sites is 1. The van der Waals surface area contributed by atoms with Crippen molar-refractivity contribution in [1.82, 2.24) is 5.09 Å². The molecule has 0 radical (unpaired) electrons. The minimum Gasteiger partial charge on any atom is -0.465 e. The Hall–Kier alpha value is -3.00. The Labute approximate surface area is 207 Å². The van der Waals surface area contributed by atoms with Gasteiger partial charge in [0, 0.05) is 4.70 Å². The standard InChI is InChI=1S/C25H27FNO6PS/c1-4-13-31-24(28)17(3)27-34(30,33-20-9-7-6-8-10-20)23(26)18-11-12-21-19(15-18)16-22(35-21)25(29)32-14-5-2/h5-12,15-17,23H,2,4,13-14H2,1,3H3,(H,27,30)/t17-,23+,34?/m0/s1. The zero-order chi connectivity index (χ0) is 25.4. The zero-order valence-corrected chi connectivity index (χ0v) is 21.2. The van der Waals surface area contributed by atoms with E-state index in [4.69, 9.17) is 14.0 Å². The number of hydrogen-bond acceptors (Lipinski definition) is 7. The first-order valence-corrected chi connectivity index (χ1v) is 13.5. The van der Waals surface area contributed by atoms with Crippen molar-refractivity contribution < 1.29 is 32.5 Å². The van der Waals surface area contributed by atoms with Crippen LogP contribution in [0.25, 0.3) is 10.1 Å². The molecule has 0 spiro atoms. The monoisotopic (exact) mass is 519 g/mol. The number of fused-ring (bicyclic) bond motifs is 1. The number of rotatable bonds is 12. The number of ether oxygens (including phenoxy) is 2. The molecule has 0 aliphatic carbocycles. The SMILES string of the molecule is C=CCOC(=O)c1cc2cc([C@H](F)P(=O)(N[C@@H](C)C(=O)OCCC)Oc3ccccc3)ccc2s1. The number of benzene rings is 2. The Balaban J connectivity index is 1.91. The minimum atomic E-state index is -4.32. The molecule has 10 heteroatoms. The Morgan fingerprint density at radius 3 is 2.60 bits per heavy atom. The molecule has 1 heterocycles. The van der Waals surface area contributed by atoms with E-state index >= 15 is 4.39 Å². The molecule has 0 aliphatic heterocycles. The molecule has 1 N–H and O–H groups in total. The maximum absolute atomic E-state index is 15.9. The lowest BCUT2D eigenvalue weighted by atomic mass is 10.2. The minimum absolute atomic E-state index is 0.0715. The number of carbonyl (C=O) groups is 2. The highest BCUT2D eigenvalue weighted by Crippen LogP contribution is 2.58. The van der Waals surface area contributed by atoms with Gasteiger partial charge in [0.2, 0.25) is 5.91 Å². The molecule has 186 valence electrons. The van der Waals surface area contributed by atoms with E-state index in [2.05, 4.69) is 11.7 Å². The first kappa shape index (κ1) is 26.6. The highest BCUT2D eigenvalue weighted by molar-refractivity contribution is 7.57. The highest BCUT2D eigenvalue weighted by atomic mass is 32.1. The van der Waals surface area contributed by atoms with E-state index in [1.165, 1.54) is 36.5 Å². The molecule has 1 unspecified atom stereocenters. The van der Waals surface area contributed by atoms with Gasteiger partial charge in [0.15, 0.2) is 0 Å². The Bertz CT molecular complexity index is 1230. The third-order valence-electron chi connectivity index (χ3n) is 4.81. The summed E-state index contributed by atoms with van der Waals surface area (Å²) in [4.78, 5) is 24.8. The molecule has 0 amide bonds. The molecular formula is C25H27FNO6PS. The molecule has 1 aromatic heterocycles. The molecule has 0 saturated carbocycles. The van der Waals surface area contributed by atoms with Gasteiger partial charge in [-0.1, -0.05) is 43.8 Å². The van der Waals surface area contributed by atoms with Gasteiger partial charge >= 0.3 is 19.5 Å². The molecule has 7 nitrogen and oxygen atoms in total. The fraction of sp³-hybridized carbons (Fsp3) is 0.280. The highest BCUT2D eigenvalue weighted by Gasteiger charge is 2.40. The quantitative estimate of drug-likeness (QED) is 0.168. The summed E-state index contributed by atoms with van der Waals surface area (Å²) in [6.45, 7) is 7.07. The first-order chi connectivity index (χ1) is 16.8. The molecule has 0 bridgehead atoms. The predicted molar refractivity (Wildman–Crippen MR) is 135 cm³/mol. The summed E-state index contributed by atoms with van der Waals surface area (Å²) in [6, 6.07) is 13.3. The fourth-order valence-corrected chi connectivity index (χ4v) is 5.99. The third kappa shape index (κ3) is 6.78. The molecule has 0 fully saturated rings. The van der Waals surface area contributed by atoms with E-state index in [0.29, 0.717) is 16.7 Å². The van der Waals surface area contributed by atoms with E-state index in [0.717, 1.165) is 4.70 Å². The van der Waals surface area contributed by atoms with Crippen LogP contribution >= 0.6 is 18.9 Å². The van der Waals surface area contributed by atoms with E-state index in [-0.39, 0.29) is 24.5 Å². The van der Waals surface area contributed by atoms with Crippen LogP contribution < -0.4 is 9.61 Å². The van der Waals surface area contributed by atoms with E-state index in [9.17, 15) is 14.2 Å².